The maximum atomic E-state index is 13.1. The lowest BCUT2D eigenvalue weighted by atomic mass is 10.1. The number of carbonyl (C=O) groups excluding carboxylic acids is 1. The van der Waals surface area contributed by atoms with Crippen molar-refractivity contribution < 1.29 is 9.18 Å². The molecule has 0 unspecified atom stereocenters. The number of nitrogen functional groups attached to an aromatic ring is 1. The average molecular weight is 289 g/mol. The summed E-state index contributed by atoms with van der Waals surface area (Å²) in [5.74, 6) is -0.430. The molecule has 1 rings (SSSR count). The second kappa shape index (κ2) is 5.30. The van der Waals surface area contributed by atoms with Crippen LogP contribution in [0.25, 0.3) is 0 Å². The first-order valence-electron chi connectivity index (χ1n) is 4.94. The molecule has 0 atom stereocenters. The number of hydrogen-bond acceptors (Lipinski definition) is 2. The van der Waals surface area contributed by atoms with Gasteiger partial charge in [0.1, 0.15) is 5.82 Å². The van der Waals surface area contributed by atoms with Crippen LogP contribution < -0.4 is 11.1 Å². The Hall–Kier alpha value is -1.10. The Balaban J connectivity index is 2.87. The van der Waals surface area contributed by atoms with Gasteiger partial charge in [-0.3, -0.25) is 4.79 Å². The lowest BCUT2D eigenvalue weighted by Crippen LogP contribution is -2.27. The van der Waals surface area contributed by atoms with Crippen LogP contribution in [0.4, 0.5) is 10.1 Å². The van der Waals surface area contributed by atoms with Gasteiger partial charge >= 0.3 is 0 Å². The molecule has 0 heterocycles. The molecular weight excluding hydrogens is 275 g/mol. The number of carbonyl (C=O) groups is 1. The van der Waals surface area contributed by atoms with Crippen molar-refractivity contribution in [1.29, 1.82) is 0 Å². The lowest BCUT2D eigenvalue weighted by molar-refractivity contribution is 0.0948. The highest BCUT2D eigenvalue weighted by molar-refractivity contribution is 9.10. The summed E-state index contributed by atoms with van der Waals surface area (Å²) in [6.07, 6.45) is 0. The zero-order chi connectivity index (χ0) is 12.3. The smallest absolute Gasteiger partial charge is 0.252 e. The third kappa shape index (κ3) is 3.20. The summed E-state index contributed by atoms with van der Waals surface area (Å²) >= 11 is 3.13. The van der Waals surface area contributed by atoms with Crippen molar-refractivity contribution >= 4 is 27.5 Å². The summed E-state index contributed by atoms with van der Waals surface area (Å²) in [5.41, 5.74) is 5.72. The molecule has 0 aliphatic heterocycles. The van der Waals surface area contributed by atoms with Crippen molar-refractivity contribution in [2.75, 3.05) is 12.3 Å². The van der Waals surface area contributed by atoms with Crippen LogP contribution in [-0.2, 0) is 0 Å². The lowest BCUT2D eigenvalue weighted by Gasteiger charge is -2.09. The molecular formula is C11H14BrFN2O. The van der Waals surface area contributed by atoms with Gasteiger partial charge in [0.2, 0.25) is 0 Å². The summed E-state index contributed by atoms with van der Waals surface area (Å²) in [6.45, 7) is 4.56. The number of amides is 1. The van der Waals surface area contributed by atoms with Gasteiger partial charge in [-0.1, -0.05) is 13.8 Å². The first-order chi connectivity index (χ1) is 7.41. The molecule has 0 spiro atoms. The molecule has 5 heteroatoms. The van der Waals surface area contributed by atoms with E-state index in [4.69, 9.17) is 5.73 Å². The van der Waals surface area contributed by atoms with Crippen LogP contribution in [0.15, 0.2) is 16.6 Å². The molecule has 0 saturated carbocycles. The Labute approximate surface area is 102 Å². The van der Waals surface area contributed by atoms with Crippen molar-refractivity contribution in [1.82, 2.24) is 5.32 Å². The minimum absolute atomic E-state index is 0.0297. The van der Waals surface area contributed by atoms with Gasteiger partial charge in [-0.25, -0.2) is 4.39 Å². The fraction of sp³-hybridized carbons (Fsp3) is 0.364. The molecule has 1 aromatic carbocycles. The molecule has 0 saturated heterocycles. The van der Waals surface area contributed by atoms with Gasteiger partial charge in [0.25, 0.3) is 5.91 Å². The summed E-state index contributed by atoms with van der Waals surface area (Å²) < 4.78 is 13.5. The highest BCUT2D eigenvalue weighted by atomic mass is 79.9. The minimum Gasteiger partial charge on any atom is -0.396 e. The van der Waals surface area contributed by atoms with Crippen LogP contribution in [0.1, 0.15) is 24.2 Å². The summed E-state index contributed by atoms with van der Waals surface area (Å²) in [5, 5.41) is 2.74. The fourth-order valence-corrected chi connectivity index (χ4v) is 1.63. The molecule has 0 aliphatic carbocycles. The van der Waals surface area contributed by atoms with Gasteiger partial charge in [-0.15, -0.1) is 0 Å². The zero-order valence-corrected chi connectivity index (χ0v) is 10.8. The topological polar surface area (TPSA) is 55.1 Å². The maximum Gasteiger partial charge on any atom is 0.252 e. The number of nitrogens with two attached hydrogens (primary N) is 1. The van der Waals surface area contributed by atoms with Crippen LogP contribution in [0, 0.1) is 11.7 Å². The Kier molecular flexibility index (Phi) is 4.29. The first kappa shape index (κ1) is 13.0. The zero-order valence-electron chi connectivity index (χ0n) is 9.18. The third-order valence-electron chi connectivity index (χ3n) is 2.00. The van der Waals surface area contributed by atoms with Crippen molar-refractivity contribution in [3.63, 3.8) is 0 Å². The molecule has 0 fully saturated rings. The van der Waals surface area contributed by atoms with E-state index < -0.39 is 5.82 Å². The van der Waals surface area contributed by atoms with E-state index in [1.807, 2.05) is 13.8 Å². The predicted molar refractivity (Wildman–Crippen MR) is 65.7 cm³/mol. The highest BCUT2D eigenvalue weighted by Crippen LogP contribution is 2.22. The molecule has 0 aromatic heterocycles. The van der Waals surface area contributed by atoms with E-state index in [0.717, 1.165) is 0 Å². The molecule has 0 aliphatic rings. The van der Waals surface area contributed by atoms with Crippen molar-refractivity contribution in [3.8, 4) is 0 Å². The summed E-state index contributed by atoms with van der Waals surface area (Å²) in [6, 6.07) is 2.52. The van der Waals surface area contributed by atoms with Crippen molar-refractivity contribution in [3.05, 3.63) is 28.0 Å². The number of anilines is 1. The van der Waals surface area contributed by atoms with E-state index in [0.29, 0.717) is 22.5 Å². The standard InChI is InChI=1S/C11H14BrFN2O/c1-6(2)5-15-11(16)7-3-10(14)9(13)4-8(7)12/h3-4,6H,5,14H2,1-2H3,(H,15,16). The third-order valence-corrected chi connectivity index (χ3v) is 2.66. The molecule has 16 heavy (non-hydrogen) atoms. The van der Waals surface area contributed by atoms with Gasteiger partial charge < -0.3 is 11.1 Å². The maximum absolute atomic E-state index is 13.1. The van der Waals surface area contributed by atoms with Gasteiger partial charge in [-0.2, -0.15) is 0 Å². The summed E-state index contributed by atoms with van der Waals surface area (Å²) in [4.78, 5) is 11.7. The Morgan fingerprint density at radius 3 is 2.75 bits per heavy atom. The molecule has 1 amide bonds. The molecule has 88 valence electrons. The largest absolute Gasteiger partial charge is 0.396 e. The van der Waals surface area contributed by atoms with E-state index in [1.54, 1.807) is 0 Å². The van der Waals surface area contributed by atoms with E-state index in [1.165, 1.54) is 12.1 Å². The van der Waals surface area contributed by atoms with E-state index in [2.05, 4.69) is 21.2 Å². The van der Waals surface area contributed by atoms with E-state index >= 15 is 0 Å². The normalized spacial score (nSPS) is 10.6. The monoisotopic (exact) mass is 288 g/mol. The van der Waals surface area contributed by atoms with Crippen molar-refractivity contribution in [2.45, 2.75) is 13.8 Å². The van der Waals surface area contributed by atoms with Crippen LogP contribution in [0.5, 0.6) is 0 Å². The SMILES string of the molecule is CC(C)CNC(=O)c1cc(N)c(F)cc1Br. The van der Waals surface area contributed by atoms with Gasteiger partial charge in [0.15, 0.2) is 0 Å². The quantitative estimate of drug-likeness (QED) is 0.840. The number of halogens is 2. The van der Waals surface area contributed by atoms with E-state index in [-0.39, 0.29) is 11.6 Å². The van der Waals surface area contributed by atoms with Gasteiger partial charge in [0.05, 0.1) is 11.3 Å². The van der Waals surface area contributed by atoms with Crippen LogP contribution in [-0.4, -0.2) is 12.5 Å². The summed E-state index contributed by atoms with van der Waals surface area (Å²) in [7, 11) is 0. The predicted octanol–water partition coefficient (Wildman–Crippen LogP) is 2.56. The minimum atomic E-state index is -0.535. The number of nitrogens with one attached hydrogen (secondary N) is 1. The second-order valence-electron chi connectivity index (χ2n) is 3.96. The first-order valence-corrected chi connectivity index (χ1v) is 5.73. The van der Waals surface area contributed by atoms with Gasteiger partial charge in [-0.05, 0) is 34.0 Å². The Morgan fingerprint density at radius 1 is 1.56 bits per heavy atom. The molecule has 3 N–H and O–H groups in total. The Bertz CT molecular complexity index is 407. The Morgan fingerprint density at radius 2 is 2.19 bits per heavy atom. The van der Waals surface area contributed by atoms with Crippen LogP contribution in [0.2, 0.25) is 0 Å². The molecule has 0 bridgehead atoms. The van der Waals surface area contributed by atoms with Crippen molar-refractivity contribution in [2.24, 2.45) is 5.92 Å². The average Bonchev–Trinajstić information content (AvgIpc) is 2.20. The van der Waals surface area contributed by atoms with Crippen LogP contribution in [0.3, 0.4) is 0 Å². The molecule has 3 nitrogen and oxygen atoms in total. The highest BCUT2D eigenvalue weighted by Gasteiger charge is 2.13. The number of benzene rings is 1. The van der Waals surface area contributed by atoms with Gasteiger partial charge in [0, 0.05) is 11.0 Å². The fourth-order valence-electron chi connectivity index (χ4n) is 1.13. The second-order valence-corrected chi connectivity index (χ2v) is 4.81. The van der Waals surface area contributed by atoms with E-state index in [9.17, 15) is 9.18 Å². The number of hydrogen-bond donors (Lipinski definition) is 2. The number of rotatable bonds is 3. The molecule has 1 aromatic rings. The van der Waals surface area contributed by atoms with Crippen LogP contribution >= 0.6 is 15.9 Å². The molecule has 0 radical (unpaired) electrons.